The van der Waals surface area contributed by atoms with Gasteiger partial charge in [-0.3, -0.25) is 4.90 Å². The molecule has 2 rings (SSSR count). The van der Waals surface area contributed by atoms with Crippen LogP contribution in [0.15, 0.2) is 18.2 Å². The third-order valence-corrected chi connectivity index (χ3v) is 4.94. The molecule has 1 saturated heterocycles. The maximum absolute atomic E-state index is 6.21. The molecule has 1 atom stereocenters. The molecular formula is C13H19ClN2S. The Hall–Kier alpha value is -0.380. The molecule has 4 heteroatoms. The summed E-state index contributed by atoms with van der Waals surface area (Å²) in [5.74, 6) is 1.21. The van der Waals surface area contributed by atoms with Crippen LogP contribution in [0.4, 0.5) is 5.69 Å². The summed E-state index contributed by atoms with van der Waals surface area (Å²) in [7, 11) is 0. The van der Waals surface area contributed by atoms with E-state index in [-0.39, 0.29) is 0 Å². The summed E-state index contributed by atoms with van der Waals surface area (Å²) in [6.45, 7) is 5.41. The minimum absolute atomic E-state index is 0.757. The van der Waals surface area contributed by atoms with Gasteiger partial charge in [-0.05, 0) is 18.6 Å². The van der Waals surface area contributed by atoms with E-state index in [2.05, 4.69) is 23.6 Å². The fourth-order valence-electron chi connectivity index (χ4n) is 2.14. The SMILES string of the molecule is CCC1CN(Cc2c(N)cccc2Cl)CCS1. The maximum atomic E-state index is 6.21. The minimum atomic E-state index is 0.757. The molecule has 0 bridgehead atoms. The van der Waals surface area contributed by atoms with Gasteiger partial charge in [0.2, 0.25) is 0 Å². The zero-order chi connectivity index (χ0) is 12.3. The van der Waals surface area contributed by atoms with E-state index in [1.807, 2.05) is 18.2 Å². The fraction of sp³-hybridized carbons (Fsp3) is 0.538. The molecule has 0 spiro atoms. The van der Waals surface area contributed by atoms with Crippen LogP contribution in [0.25, 0.3) is 0 Å². The molecule has 0 radical (unpaired) electrons. The molecule has 0 aromatic heterocycles. The number of thioether (sulfide) groups is 1. The smallest absolute Gasteiger partial charge is 0.0471 e. The van der Waals surface area contributed by atoms with Gasteiger partial charge in [0.1, 0.15) is 0 Å². The van der Waals surface area contributed by atoms with Crippen molar-refractivity contribution in [3.8, 4) is 0 Å². The highest BCUT2D eigenvalue weighted by molar-refractivity contribution is 8.00. The highest BCUT2D eigenvalue weighted by Gasteiger charge is 2.20. The Morgan fingerprint density at radius 1 is 1.53 bits per heavy atom. The van der Waals surface area contributed by atoms with Crippen molar-refractivity contribution in [1.29, 1.82) is 0 Å². The van der Waals surface area contributed by atoms with Crippen LogP contribution in [0.5, 0.6) is 0 Å². The number of benzene rings is 1. The Morgan fingerprint density at radius 2 is 2.35 bits per heavy atom. The van der Waals surface area contributed by atoms with Gasteiger partial charge in [0.25, 0.3) is 0 Å². The van der Waals surface area contributed by atoms with Gasteiger partial charge in [-0.15, -0.1) is 0 Å². The van der Waals surface area contributed by atoms with Crippen LogP contribution >= 0.6 is 23.4 Å². The lowest BCUT2D eigenvalue weighted by molar-refractivity contribution is 0.273. The molecular weight excluding hydrogens is 252 g/mol. The molecule has 17 heavy (non-hydrogen) atoms. The van der Waals surface area contributed by atoms with E-state index in [9.17, 15) is 0 Å². The monoisotopic (exact) mass is 270 g/mol. The van der Waals surface area contributed by atoms with Crippen molar-refractivity contribution in [1.82, 2.24) is 4.90 Å². The first-order chi connectivity index (χ1) is 8.20. The Labute approximate surface area is 113 Å². The van der Waals surface area contributed by atoms with E-state index in [1.54, 1.807) is 0 Å². The molecule has 1 aliphatic rings. The van der Waals surface area contributed by atoms with Crippen molar-refractivity contribution in [2.24, 2.45) is 0 Å². The van der Waals surface area contributed by atoms with E-state index in [0.717, 1.165) is 41.2 Å². The van der Waals surface area contributed by atoms with E-state index < -0.39 is 0 Å². The van der Waals surface area contributed by atoms with Crippen molar-refractivity contribution < 1.29 is 0 Å². The molecule has 1 fully saturated rings. The number of nitrogens with zero attached hydrogens (tertiary/aromatic N) is 1. The number of rotatable bonds is 3. The van der Waals surface area contributed by atoms with E-state index in [1.165, 1.54) is 12.2 Å². The molecule has 1 aromatic carbocycles. The quantitative estimate of drug-likeness (QED) is 0.855. The average Bonchev–Trinajstić information content (AvgIpc) is 2.34. The van der Waals surface area contributed by atoms with Gasteiger partial charge >= 0.3 is 0 Å². The molecule has 1 unspecified atom stereocenters. The summed E-state index contributed by atoms with van der Waals surface area (Å²) >= 11 is 8.29. The second-order valence-corrected chi connectivity index (χ2v) is 6.26. The van der Waals surface area contributed by atoms with E-state index in [4.69, 9.17) is 17.3 Å². The van der Waals surface area contributed by atoms with Crippen LogP contribution < -0.4 is 5.73 Å². The van der Waals surface area contributed by atoms with Crippen molar-refractivity contribution >= 4 is 29.1 Å². The summed E-state index contributed by atoms with van der Waals surface area (Å²) in [6.07, 6.45) is 1.24. The van der Waals surface area contributed by atoms with Gasteiger partial charge < -0.3 is 5.73 Å². The van der Waals surface area contributed by atoms with E-state index >= 15 is 0 Å². The molecule has 1 heterocycles. The van der Waals surface area contributed by atoms with Crippen LogP contribution in [0.3, 0.4) is 0 Å². The average molecular weight is 271 g/mol. The van der Waals surface area contributed by atoms with Crippen molar-refractivity contribution in [3.63, 3.8) is 0 Å². The van der Waals surface area contributed by atoms with Crippen LogP contribution in [0, 0.1) is 0 Å². The van der Waals surface area contributed by atoms with Crippen molar-refractivity contribution in [3.05, 3.63) is 28.8 Å². The van der Waals surface area contributed by atoms with Gasteiger partial charge in [-0.1, -0.05) is 24.6 Å². The van der Waals surface area contributed by atoms with Gasteiger partial charge in [-0.2, -0.15) is 11.8 Å². The zero-order valence-corrected chi connectivity index (χ0v) is 11.7. The zero-order valence-electron chi connectivity index (χ0n) is 10.2. The van der Waals surface area contributed by atoms with Crippen LogP contribution in [-0.4, -0.2) is 29.0 Å². The number of hydrogen-bond donors (Lipinski definition) is 1. The second-order valence-electron chi connectivity index (χ2n) is 4.44. The molecule has 2 nitrogen and oxygen atoms in total. The molecule has 1 aromatic rings. The largest absolute Gasteiger partial charge is 0.398 e. The minimum Gasteiger partial charge on any atom is -0.398 e. The standard InChI is InChI=1S/C13H19ClN2S/c1-2-10-8-16(6-7-17-10)9-11-12(14)4-3-5-13(11)15/h3-5,10H,2,6-9,15H2,1H3. The maximum Gasteiger partial charge on any atom is 0.0471 e. The number of nitrogens with two attached hydrogens (primary N) is 1. The molecule has 0 saturated carbocycles. The summed E-state index contributed by atoms with van der Waals surface area (Å²) < 4.78 is 0. The predicted molar refractivity (Wildman–Crippen MR) is 77.7 cm³/mol. The first kappa shape index (κ1) is 13.1. The number of hydrogen-bond acceptors (Lipinski definition) is 3. The lowest BCUT2D eigenvalue weighted by atomic mass is 10.1. The Morgan fingerprint density at radius 3 is 3.06 bits per heavy atom. The lowest BCUT2D eigenvalue weighted by Gasteiger charge is -2.32. The normalized spacial score (nSPS) is 21.6. The van der Waals surface area contributed by atoms with Crippen molar-refractivity contribution in [2.45, 2.75) is 25.1 Å². The van der Waals surface area contributed by atoms with Crippen molar-refractivity contribution in [2.75, 3.05) is 24.6 Å². The Balaban J connectivity index is 2.05. The van der Waals surface area contributed by atoms with Gasteiger partial charge in [0, 0.05) is 46.9 Å². The topological polar surface area (TPSA) is 29.3 Å². The second kappa shape index (κ2) is 5.98. The number of anilines is 1. The van der Waals surface area contributed by atoms with Crippen LogP contribution in [0.1, 0.15) is 18.9 Å². The van der Waals surface area contributed by atoms with Gasteiger partial charge in [0.05, 0.1) is 0 Å². The first-order valence-electron chi connectivity index (χ1n) is 6.07. The molecule has 2 N–H and O–H groups in total. The number of halogens is 1. The fourth-order valence-corrected chi connectivity index (χ4v) is 3.63. The molecule has 0 aliphatic carbocycles. The highest BCUT2D eigenvalue weighted by Crippen LogP contribution is 2.27. The molecule has 1 aliphatic heterocycles. The highest BCUT2D eigenvalue weighted by atomic mass is 35.5. The Bertz CT molecular complexity index is 363. The summed E-state index contributed by atoms with van der Waals surface area (Å²) in [6, 6.07) is 5.75. The molecule has 0 amide bonds. The van der Waals surface area contributed by atoms with Crippen LogP contribution in [-0.2, 0) is 6.54 Å². The first-order valence-corrected chi connectivity index (χ1v) is 7.50. The van der Waals surface area contributed by atoms with Crippen LogP contribution in [0.2, 0.25) is 5.02 Å². The third kappa shape index (κ3) is 3.30. The van der Waals surface area contributed by atoms with Gasteiger partial charge in [0.15, 0.2) is 0 Å². The third-order valence-electron chi connectivity index (χ3n) is 3.22. The lowest BCUT2D eigenvalue weighted by Crippen LogP contribution is -2.37. The number of nitrogen functional groups attached to an aromatic ring is 1. The summed E-state index contributed by atoms with van der Waals surface area (Å²) in [4.78, 5) is 2.46. The summed E-state index contributed by atoms with van der Waals surface area (Å²) in [5, 5.41) is 1.55. The predicted octanol–water partition coefficient (Wildman–Crippen LogP) is 3.25. The van der Waals surface area contributed by atoms with Gasteiger partial charge in [-0.25, -0.2) is 0 Å². The Kier molecular flexibility index (Phi) is 4.60. The summed E-state index contributed by atoms with van der Waals surface area (Å²) in [5.41, 5.74) is 7.88. The molecule has 94 valence electrons. The van der Waals surface area contributed by atoms with E-state index in [0.29, 0.717) is 0 Å².